The highest BCUT2D eigenvalue weighted by Gasteiger charge is 2.03. The van der Waals surface area contributed by atoms with E-state index in [0.29, 0.717) is 17.9 Å². The highest BCUT2D eigenvalue weighted by Crippen LogP contribution is 2.16. The lowest BCUT2D eigenvalue weighted by atomic mass is 10.1. The van der Waals surface area contributed by atoms with Crippen molar-refractivity contribution in [2.24, 2.45) is 5.73 Å². The Balaban J connectivity index is 2.72. The van der Waals surface area contributed by atoms with Gasteiger partial charge in [0.25, 0.3) is 0 Å². The Morgan fingerprint density at radius 2 is 2.29 bits per heavy atom. The second kappa shape index (κ2) is 5.63. The van der Waals surface area contributed by atoms with Crippen LogP contribution in [-0.2, 0) is 5.75 Å². The van der Waals surface area contributed by atoms with E-state index in [1.807, 2.05) is 6.07 Å². The van der Waals surface area contributed by atoms with E-state index < -0.39 is 0 Å². The monoisotopic (exact) mass is 210 g/mol. The highest BCUT2D eigenvalue weighted by atomic mass is 32.2. The first kappa shape index (κ1) is 11.0. The number of nitrogens with zero attached hydrogens (tertiary/aromatic N) is 1. The second-order valence-electron chi connectivity index (χ2n) is 2.75. The number of thioether (sulfide) groups is 1. The number of hydrogen-bond donors (Lipinski definition) is 1. The molecule has 0 unspecified atom stereocenters. The molecule has 0 radical (unpaired) electrons. The van der Waals surface area contributed by atoms with Gasteiger partial charge in [0.1, 0.15) is 5.82 Å². The standard InChI is InChI=1S/C10H11FN2S/c11-10-2-1-8(7-14-4-3-12)9(5-10)6-13/h1-2,5H,3-4,7,12H2. The van der Waals surface area contributed by atoms with Gasteiger partial charge >= 0.3 is 0 Å². The zero-order valence-electron chi connectivity index (χ0n) is 7.66. The molecule has 0 saturated carbocycles. The van der Waals surface area contributed by atoms with E-state index in [0.717, 1.165) is 11.3 Å². The summed E-state index contributed by atoms with van der Waals surface area (Å²) in [6.45, 7) is 0.619. The van der Waals surface area contributed by atoms with E-state index in [1.165, 1.54) is 12.1 Å². The smallest absolute Gasteiger partial charge is 0.124 e. The molecule has 0 atom stereocenters. The first-order chi connectivity index (χ1) is 6.77. The Bertz CT molecular complexity index is 346. The molecule has 0 spiro atoms. The molecule has 0 heterocycles. The third-order valence-electron chi connectivity index (χ3n) is 1.71. The number of halogens is 1. The van der Waals surface area contributed by atoms with Crippen molar-refractivity contribution in [2.45, 2.75) is 5.75 Å². The van der Waals surface area contributed by atoms with Gasteiger partial charge in [-0.25, -0.2) is 4.39 Å². The van der Waals surface area contributed by atoms with Crippen LogP contribution in [0.3, 0.4) is 0 Å². The topological polar surface area (TPSA) is 49.8 Å². The Hall–Kier alpha value is -1.05. The zero-order valence-corrected chi connectivity index (χ0v) is 8.48. The quantitative estimate of drug-likeness (QED) is 0.772. The number of nitrogens with two attached hydrogens (primary N) is 1. The molecule has 1 aromatic rings. The van der Waals surface area contributed by atoms with Crippen molar-refractivity contribution in [1.82, 2.24) is 0 Å². The van der Waals surface area contributed by atoms with Gasteiger partial charge in [-0.05, 0) is 17.7 Å². The fourth-order valence-electron chi connectivity index (χ4n) is 1.04. The molecule has 0 aromatic heterocycles. The van der Waals surface area contributed by atoms with E-state index in [-0.39, 0.29) is 5.82 Å². The highest BCUT2D eigenvalue weighted by molar-refractivity contribution is 7.98. The van der Waals surface area contributed by atoms with Gasteiger partial charge < -0.3 is 5.73 Å². The molecule has 2 N–H and O–H groups in total. The minimum absolute atomic E-state index is 0.367. The fraction of sp³-hybridized carbons (Fsp3) is 0.300. The maximum absolute atomic E-state index is 12.7. The second-order valence-corrected chi connectivity index (χ2v) is 3.86. The van der Waals surface area contributed by atoms with Crippen molar-refractivity contribution in [3.63, 3.8) is 0 Å². The van der Waals surface area contributed by atoms with Crippen molar-refractivity contribution in [3.8, 4) is 6.07 Å². The largest absolute Gasteiger partial charge is 0.330 e. The summed E-state index contributed by atoms with van der Waals surface area (Å²) in [5, 5.41) is 8.75. The van der Waals surface area contributed by atoms with E-state index in [2.05, 4.69) is 0 Å². The summed E-state index contributed by atoms with van der Waals surface area (Å²) in [6, 6.07) is 6.27. The van der Waals surface area contributed by atoms with Gasteiger partial charge in [0.15, 0.2) is 0 Å². The van der Waals surface area contributed by atoms with Crippen LogP contribution in [0, 0.1) is 17.1 Å². The molecule has 1 aromatic carbocycles. The van der Waals surface area contributed by atoms with Gasteiger partial charge in [-0.3, -0.25) is 0 Å². The van der Waals surface area contributed by atoms with Crippen LogP contribution in [0.2, 0.25) is 0 Å². The van der Waals surface area contributed by atoms with E-state index in [4.69, 9.17) is 11.0 Å². The SMILES string of the molecule is N#Cc1cc(F)ccc1CSCCN. The number of benzene rings is 1. The molecule has 0 aliphatic rings. The van der Waals surface area contributed by atoms with Crippen molar-refractivity contribution in [1.29, 1.82) is 5.26 Å². The minimum atomic E-state index is -0.367. The summed E-state index contributed by atoms with van der Waals surface area (Å²) in [5.41, 5.74) is 6.62. The number of hydrogen-bond acceptors (Lipinski definition) is 3. The molecule has 0 bridgehead atoms. The molecule has 74 valence electrons. The zero-order chi connectivity index (χ0) is 10.4. The third-order valence-corrected chi connectivity index (χ3v) is 2.75. The van der Waals surface area contributed by atoms with Crippen LogP contribution in [0.25, 0.3) is 0 Å². The maximum atomic E-state index is 12.7. The molecule has 0 aliphatic heterocycles. The van der Waals surface area contributed by atoms with Crippen LogP contribution in [-0.4, -0.2) is 12.3 Å². The molecule has 0 aliphatic carbocycles. The normalized spacial score (nSPS) is 9.79. The first-order valence-corrected chi connectivity index (χ1v) is 5.39. The fourth-order valence-corrected chi connectivity index (χ4v) is 1.83. The van der Waals surface area contributed by atoms with Crippen molar-refractivity contribution < 1.29 is 4.39 Å². The predicted octanol–water partition coefficient (Wildman–Crippen LogP) is 1.89. The molecular weight excluding hydrogens is 199 g/mol. The van der Waals surface area contributed by atoms with Crippen LogP contribution in [0.15, 0.2) is 18.2 Å². The van der Waals surface area contributed by atoms with E-state index in [9.17, 15) is 4.39 Å². The Kier molecular flexibility index (Phi) is 4.44. The summed E-state index contributed by atoms with van der Waals surface area (Å²) in [6.07, 6.45) is 0. The number of nitriles is 1. The van der Waals surface area contributed by atoms with Gasteiger partial charge in [0.05, 0.1) is 11.6 Å². The molecule has 2 nitrogen and oxygen atoms in total. The van der Waals surface area contributed by atoms with Crippen LogP contribution in [0.5, 0.6) is 0 Å². The predicted molar refractivity (Wildman–Crippen MR) is 56.3 cm³/mol. The number of rotatable bonds is 4. The summed E-state index contributed by atoms with van der Waals surface area (Å²) in [5.74, 6) is 1.19. The van der Waals surface area contributed by atoms with Crippen LogP contribution >= 0.6 is 11.8 Å². The van der Waals surface area contributed by atoms with Crippen LogP contribution < -0.4 is 5.73 Å². The first-order valence-electron chi connectivity index (χ1n) is 4.24. The van der Waals surface area contributed by atoms with Crippen LogP contribution in [0.4, 0.5) is 4.39 Å². The lowest BCUT2D eigenvalue weighted by Crippen LogP contribution is -2.01. The summed E-state index contributed by atoms with van der Waals surface area (Å²) in [7, 11) is 0. The Labute approximate surface area is 86.9 Å². The molecule has 1 rings (SSSR count). The molecule has 0 fully saturated rings. The summed E-state index contributed by atoms with van der Waals surface area (Å²) in [4.78, 5) is 0. The van der Waals surface area contributed by atoms with Gasteiger partial charge in [-0.1, -0.05) is 6.07 Å². The van der Waals surface area contributed by atoms with Crippen molar-refractivity contribution in [2.75, 3.05) is 12.3 Å². The third kappa shape index (κ3) is 3.02. The van der Waals surface area contributed by atoms with Crippen molar-refractivity contribution >= 4 is 11.8 Å². The summed E-state index contributed by atoms with van der Waals surface area (Å²) >= 11 is 1.64. The Morgan fingerprint density at radius 3 is 2.93 bits per heavy atom. The Morgan fingerprint density at radius 1 is 1.50 bits per heavy atom. The van der Waals surface area contributed by atoms with E-state index >= 15 is 0 Å². The van der Waals surface area contributed by atoms with Gasteiger partial charge in [-0.15, -0.1) is 0 Å². The van der Waals surface area contributed by atoms with Gasteiger partial charge in [-0.2, -0.15) is 17.0 Å². The molecule has 0 saturated heterocycles. The molecule has 0 amide bonds. The lowest BCUT2D eigenvalue weighted by molar-refractivity contribution is 0.627. The van der Waals surface area contributed by atoms with Gasteiger partial charge in [0, 0.05) is 18.1 Å². The van der Waals surface area contributed by atoms with E-state index in [1.54, 1.807) is 17.8 Å². The van der Waals surface area contributed by atoms with Crippen molar-refractivity contribution in [3.05, 3.63) is 35.1 Å². The average Bonchev–Trinajstić information content (AvgIpc) is 2.20. The minimum Gasteiger partial charge on any atom is -0.330 e. The molecule has 14 heavy (non-hydrogen) atoms. The lowest BCUT2D eigenvalue weighted by Gasteiger charge is -2.02. The molecular formula is C10H11FN2S. The van der Waals surface area contributed by atoms with Gasteiger partial charge in [0.2, 0.25) is 0 Å². The van der Waals surface area contributed by atoms with Crippen LogP contribution in [0.1, 0.15) is 11.1 Å². The summed E-state index contributed by atoms with van der Waals surface area (Å²) < 4.78 is 12.7. The molecule has 4 heteroatoms. The average molecular weight is 210 g/mol. The maximum Gasteiger partial charge on any atom is 0.124 e.